The maximum atomic E-state index is 11.3. The van der Waals surface area contributed by atoms with Gasteiger partial charge in [0.1, 0.15) is 0 Å². The van der Waals surface area contributed by atoms with Gasteiger partial charge >= 0.3 is 5.97 Å². The van der Waals surface area contributed by atoms with E-state index in [4.69, 9.17) is 9.47 Å². The number of aryl methyl sites for hydroxylation is 1. The number of aromatic nitrogens is 1. The summed E-state index contributed by atoms with van der Waals surface area (Å²) >= 11 is 1.66. The first-order chi connectivity index (χ1) is 9.74. The molecule has 0 radical (unpaired) electrons. The van der Waals surface area contributed by atoms with Crippen molar-refractivity contribution in [1.29, 1.82) is 0 Å². The highest BCUT2D eigenvalue weighted by molar-refractivity contribution is 7.13. The highest BCUT2D eigenvalue weighted by Crippen LogP contribution is 2.31. The Morgan fingerprint density at radius 1 is 1.50 bits per heavy atom. The van der Waals surface area contributed by atoms with Crippen LogP contribution in [0.25, 0.3) is 0 Å². The van der Waals surface area contributed by atoms with Gasteiger partial charge in [0.25, 0.3) is 0 Å². The van der Waals surface area contributed by atoms with E-state index in [2.05, 4.69) is 9.88 Å². The minimum atomic E-state index is -0.147. The molecule has 3 heterocycles. The molecule has 2 unspecified atom stereocenters. The molecule has 0 N–H and O–H groups in total. The Morgan fingerprint density at radius 2 is 2.25 bits per heavy atom. The zero-order valence-electron chi connectivity index (χ0n) is 11.7. The van der Waals surface area contributed by atoms with E-state index < -0.39 is 0 Å². The van der Waals surface area contributed by atoms with Gasteiger partial charge in [-0.25, -0.2) is 4.98 Å². The molecule has 0 aromatic carbocycles. The first-order valence-electron chi connectivity index (χ1n) is 7.25. The molecular formula is C14H20N2O3S. The van der Waals surface area contributed by atoms with E-state index in [1.165, 1.54) is 12.8 Å². The summed E-state index contributed by atoms with van der Waals surface area (Å²) < 4.78 is 10.8. The van der Waals surface area contributed by atoms with Crippen LogP contribution in [0, 0.1) is 0 Å². The number of hydrogen-bond donors (Lipinski definition) is 0. The lowest BCUT2D eigenvalue weighted by atomic mass is 10.2. The molecule has 0 aliphatic carbocycles. The summed E-state index contributed by atoms with van der Waals surface area (Å²) in [5.74, 6) is -0.147. The maximum Gasteiger partial charge on any atom is 0.306 e. The number of ether oxygens (including phenoxy) is 2. The van der Waals surface area contributed by atoms with Crippen LogP contribution >= 0.6 is 11.3 Å². The van der Waals surface area contributed by atoms with Gasteiger partial charge in [0, 0.05) is 24.9 Å². The van der Waals surface area contributed by atoms with Crippen LogP contribution in [0.3, 0.4) is 0 Å². The van der Waals surface area contributed by atoms with Crippen molar-refractivity contribution in [2.24, 2.45) is 0 Å². The summed E-state index contributed by atoms with van der Waals surface area (Å²) in [5.41, 5.74) is 0.983. The summed E-state index contributed by atoms with van der Waals surface area (Å²) in [7, 11) is 0. The molecule has 2 fully saturated rings. The van der Waals surface area contributed by atoms with E-state index in [1.807, 2.05) is 12.3 Å². The molecule has 2 bridgehead atoms. The third-order valence-corrected chi connectivity index (χ3v) is 4.69. The van der Waals surface area contributed by atoms with Crippen molar-refractivity contribution in [2.45, 2.75) is 44.8 Å². The fourth-order valence-electron chi connectivity index (χ4n) is 2.79. The minimum Gasteiger partial charge on any atom is -0.466 e. The topological polar surface area (TPSA) is 51.7 Å². The van der Waals surface area contributed by atoms with Gasteiger partial charge in [0.15, 0.2) is 5.13 Å². The van der Waals surface area contributed by atoms with Crippen molar-refractivity contribution in [1.82, 2.24) is 4.98 Å². The molecule has 2 atom stereocenters. The Morgan fingerprint density at radius 3 is 2.95 bits per heavy atom. The van der Waals surface area contributed by atoms with Gasteiger partial charge in [-0.05, 0) is 19.8 Å². The average Bonchev–Trinajstić information content (AvgIpc) is 3.04. The van der Waals surface area contributed by atoms with Gasteiger partial charge in [0.2, 0.25) is 0 Å². The van der Waals surface area contributed by atoms with Gasteiger partial charge in [-0.15, -0.1) is 11.3 Å². The highest BCUT2D eigenvalue weighted by atomic mass is 32.1. The van der Waals surface area contributed by atoms with Crippen molar-refractivity contribution >= 4 is 22.4 Å². The first kappa shape index (κ1) is 13.8. The number of morpholine rings is 1. The third-order valence-electron chi connectivity index (χ3n) is 3.74. The Bertz CT molecular complexity index is 465. The summed E-state index contributed by atoms with van der Waals surface area (Å²) in [5, 5.41) is 3.11. The summed E-state index contributed by atoms with van der Waals surface area (Å²) in [6.07, 6.45) is 4.16. The van der Waals surface area contributed by atoms with Crippen molar-refractivity contribution in [3.8, 4) is 0 Å². The highest BCUT2D eigenvalue weighted by Gasteiger charge is 2.34. The van der Waals surface area contributed by atoms with Crippen LogP contribution < -0.4 is 4.90 Å². The number of nitrogens with zero attached hydrogens (tertiary/aromatic N) is 2. The van der Waals surface area contributed by atoms with Gasteiger partial charge in [0.05, 0.1) is 30.9 Å². The van der Waals surface area contributed by atoms with E-state index in [-0.39, 0.29) is 5.97 Å². The fraction of sp³-hybridized carbons (Fsp3) is 0.714. The van der Waals surface area contributed by atoms with Crippen molar-refractivity contribution in [2.75, 3.05) is 24.6 Å². The average molecular weight is 296 g/mol. The number of hydrogen-bond acceptors (Lipinski definition) is 6. The van der Waals surface area contributed by atoms with Gasteiger partial charge in [-0.2, -0.15) is 0 Å². The first-order valence-corrected chi connectivity index (χ1v) is 8.13. The summed E-state index contributed by atoms with van der Waals surface area (Å²) in [6.45, 7) is 4.16. The second-order valence-electron chi connectivity index (χ2n) is 5.29. The van der Waals surface area contributed by atoms with Gasteiger partial charge in [-0.3, -0.25) is 4.79 Å². The smallest absolute Gasteiger partial charge is 0.306 e. The Labute approximate surface area is 122 Å². The normalized spacial score (nSPS) is 24.9. The SMILES string of the molecule is CCOC(=O)CCc1csc(N2CC3CCC(C2)O3)n1. The van der Waals surface area contributed by atoms with Crippen LogP contribution in [0.15, 0.2) is 5.38 Å². The van der Waals surface area contributed by atoms with Crippen molar-refractivity contribution < 1.29 is 14.3 Å². The van der Waals surface area contributed by atoms with Crippen molar-refractivity contribution in [3.63, 3.8) is 0 Å². The van der Waals surface area contributed by atoms with Gasteiger partial charge < -0.3 is 14.4 Å². The quantitative estimate of drug-likeness (QED) is 0.778. The molecule has 0 saturated carbocycles. The van der Waals surface area contributed by atoms with Crippen LogP contribution in [0.2, 0.25) is 0 Å². The van der Waals surface area contributed by atoms with Crippen LogP contribution in [0.1, 0.15) is 31.9 Å². The third kappa shape index (κ3) is 3.12. The molecule has 1 aromatic heterocycles. The van der Waals surface area contributed by atoms with E-state index in [0.717, 1.165) is 23.9 Å². The number of rotatable bonds is 5. The Kier molecular flexibility index (Phi) is 4.21. The van der Waals surface area contributed by atoms with Crippen LogP contribution in [-0.2, 0) is 20.7 Å². The number of carbonyl (C=O) groups is 1. The Balaban J connectivity index is 1.55. The number of carbonyl (C=O) groups excluding carboxylic acids is 1. The molecule has 3 rings (SSSR count). The molecule has 6 heteroatoms. The predicted molar refractivity (Wildman–Crippen MR) is 77.2 cm³/mol. The van der Waals surface area contributed by atoms with E-state index in [0.29, 0.717) is 31.7 Å². The second kappa shape index (κ2) is 6.10. The molecule has 2 aliphatic rings. The molecule has 110 valence electrons. The maximum absolute atomic E-state index is 11.3. The summed E-state index contributed by atoms with van der Waals surface area (Å²) in [6, 6.07) is 0. The predicted octanol–water partition coefficient (Wildman–Crippen LogP) is 2.01. The lowest BCUT2D eigenvalue weighted by Gasteiger charge is -2.31. The molecule has 1 aromatic rings. The van der Waals surface area contributed by atoms with Crippen LogP contribution in [-0.4, -0.2) is 42.9 Å². The molecule has 0 amide bonds. The lowest BCUT2D eigenvalue weighted by molar-refractivity contribution is -0.143. The number of thiazole rings is 1. The molecular weight excluding hydrogens is 276 g/mol. The standard InChI is InChI=1S/C14H20N2O3S/c1-2-18-13(17)6-3-10-9-20-14(15-10)16-7-11-4-5-12(8-16)19-11/h9,11-12H,2-8H2,1H3. The van der Waals surface area contributed by atoms with Crippen LogP contribution in [0.4, 0.5) is 5.13 Å². The Hall–Kier alpha value is -1.14. The number of fused-ring (bicyclic) bond motifs is 2. The zero-order chi connectivity index (χ0) is 13.9. The van der Waals surface area contributed by atoms with Gasteiger partial charge in [-0.1, -0.05) is 0 Å². The van der Waals surface area contributed by atoms with Crippen LogP contribution in [0.5, 0.6) is 0 Å². The number of anilines is 1. The monoisotopic (exact) mass is 296 g/mol. The molecule has 5 nitrogen and oxygen atoms in total. The summed E-state index contributed by atoms with van der Waals surface area (Å²) in [4.78, 5) is 18.3. The van der Waals surface area contributed by atoms with Crippen molar-refractivity contribution in [3.05, 3.63) is 11.1 Å². The minimum absolute atomic E-state index is 0.147. The number of esters is 1. The lowest BCUT2D eigenvalue weighted by Crippen LogP contribution is -2.42. The molecule has 2 saturated heterocycles. The second-order valence-corrected chi connectivity index (χ2v) is 6.13. The van der Waals surface area contributed by atoms with E-state index >= 15 is 0 Å². The fourth-order valence-corrected chi connectivity index (χ4v) is 3.67. The molecule has 0 spiro atoms. The zero-order valence-corrected chi connectivity index (χ0v) is 12.5. The molecule has 2 aliphatic heterocycles. The largest absolute Gasteiger partial charge is 0.466 e. The van der Waals surface area contributed by atoms with E-state index in [9.17, 15) is 4.79 Å². The molecule has 20 heavy (non-hydrogen) atoms. The van der Waals surface area contributed by atoms with E-state index in [1.54, 1.807) is 11.3 Å².